The molecule has 0 radical (unpaired) electrons. The average molecular weight is 642 g/mol. The quantitative estimate of drug-likeness (QED) is 0.164. The molecule has 0 aliphatic heterocycles. The van der Waals surface area contributed by atoms with E-state index in [1.165, 1.54) is 23.2 Å². The Labute approximate surface area is 270 Å². The van der Waals surface area contributed by atoms with Crippen LogP contribution in [-0.4, -0.2) is 43.2 Å². The predicted octanol–water partition coefficient (Wildman–Crippen LogP) is 6.70. The number of aromatic nitrogens is 5. The standard InChI is InChI=1S/C33H33ClFN9O2/c1-18-24(6-7-27(35)39-18)30(26-16-43(42-41-26)33-10-20(11-33)12-33)44(31(45)46-17-34)23-8-21(13-36)28-25(9-23)29(22(14-37)15-38-28)40-19(2)32(3,4)5/h6-9,15-16,19-20,30H,10-12,17H2,1-5H3,(H,38,40). The molecular formula is C33H33ClFN9O2. The van der Waals surface area contributed by atoms with Crippen LogP contribution in [0.1, 0.15) is 81.1 Å². The van der Waals surface area contributed by atoms with Gasteiger partial charge < -0.3 is 10.1 Å². The number of fused-ring (bicyclic) bond motifs is 1. The number of carbonyl (C=O) groups is 1. The van der Waals surface area contributed by atoms with Crippen molar-refractivity contribution in [2.24, 2.45) is 11.3 Å². The minimum absolute atomic E-state index is 0.0847. The molecule has 3 aliphatic carbocycles. The number of alkyl halides is 1. The molecule has 2 atom stereocenters. The average Bonchev–Trinajstić information content (AvgIpc) is 3.43. The van der Waals surface area contributed by atoms with Crippen LogP contribution in [0.2, 0.25) is 0 Å². The Bertz CT molecular complexity index is 1920. The Morgan fingerprint density at radius 1 is 1.24 bits per heavy atom. The maximum atomic E-state index is 14.3. The molecule has 236 valence electrons. The molecular weight excluding hydrogens is 609 g/mol. The first kappa shape index (κ1) is 31.2. The first-order valence-electron chi connectivity index (χ1n) is 15.0. The molecule has 3 aliphatic rings. The van der Waals surface area contributed by atoms with E-state index in [9.17, 15) is 19.7 Å². The van der Waals surface area contributed by atoms with Gasteiger partial charge in [-0.25, -0.2) is 14.5 Å². The van der Waals surface area contributed by atoms with Crippen molar-refractivity contribution in [1.82, 2.24) is 25.0 Å². The van der Waals surface area contributed by atoms with E-state index in [1.54, 1.807) is 19.1 Å². The number of amides is 1. The van der Waals surface area contributed by atoms with E-state index >= 15 is 0 Å². The number of carbonyl (C=O) groups excluding carboxylic acids is 1. The molecule has 3 heterocycles. The van der Waals surface area contributed by atoms with Crippen LogP contribution >= 0.6 is 11.6 Å². The van der Waals surface area contributed by atoms with Gasteiger partial charge in [0.25, 0.3) is 0 Å². The third-order valence-electron chi connectivity index (χ3n) is 9.44. The smallest absolute Gasteiger partial charge is 0.416 e. The van der Waals surface area contributed by atoms with Crippen LogP contribution in [0, 0.1) is 46.9 Å². The first-order chi connectivity index (χ1) is 21.9. The maximum absolute atomic E-state index is 14.3. The monoisotopic (exact) mass is 641 g/mol. The molecule has 2 unspecified atom stereocenters. The Morgan fingerprint density at radius 2 is 1.96 bits per heavy atom. The molecule has 13 heteroatoms. The van der Waals surface area contributed by atoms with Gasteiger partial charge in [-0.15, -0.1) is 5.10 Å². The number of nitriles is 2. The molecule has 3 saturated carbocycles. The number of nitrogens with zero attached hydrogens (tertiary/aromatic N) is 8. The van der Waals surface area contributed by atoms with Gasteiger partial charge in [-0.05, 0) is 62.6 Å². The number of pyridine rings is 2. The molecule has 1 aromatic carbocycles. The number of hydrogen-bond acceptors (Lipinski definition) is 9. The summed E-state index contributed by atoms with van der Waals surface area (Å²) in [6, 6.07) is 8.82. The van der Waals surface area contributed by atoms with Gasteiger partial charge in [0.05, 0.1) is 39.8 Å². The van der Waals surface area contributed by atoms with Gasteiger partial charge in [0.2, 0.25) is 5.95 Å². The topological polar surface area (TPSA) is 146 Å². The number of rotatable bonds is 8. The van der Waals surface area contributed by atoms with Gasteiger partial charge in [-0.2, -0.15) is 14.9 Å². The summed E-state index contributed by atoms with van der Waals surface area (Å²) in [5, 5.41) is 33.2. The number of nitrogens with one attached hydrogen (secondary N) is 1. The third-order valence-corrected chi connectivity index (χ3v) is 9.55. The predicted molar refractivity (Wildman–Crippen MR) is 170 cm³/mol. The number of benzene rings is 1. The van der Waals surface area contributed by atoms with Crippen molar-refractivity contribution < 1.29 is 13.9 Å². The Balaban J connectivity index is 1.59. The van der Waals surface area contributed by atoms with Crippen LogP contribution < -0.4 is 10.2 Å². The lowest BCUT2D eigenvalue weighted by molar-refractivity contribution is -0.0989. The molecule has 2 bridgehead atoms. The first-order valence-corrected chi connectivity index (χ1v) is 15.5. The molecule has 3 aromatic heterocycles. The number of halogens is 2. The second kappa shape index (κ2) is 11.5. The minimum Gasteiger partial charge on any atom is -0.433 e. The fourth-order valence-corrected chi connectivity index (χ4v) is 6.36. The Morgan fingerprint density at radius 3 is 2.54 bits per heavy atom. The third kappa shape index (κ3) is 5.27. The number of aryl methyl sites for hydroxylation is 1. The summed E-state index contributed by atoms with van der Waals surface area (Å²) < 4.78 is 21.5. The van der Waals surface area contributed by atoms with Crippen molar-refractivity contribution in [2.45, 2.75) is 71.5 Å². The normalized spacial score (nSPS) is 19.6. The van der Waals surface area contributed by atoms with Crippen molar-refractivity contribution in [3.63, 3.8) is 0 Å². The van der Waals surface area contributed by atoms with E-state index in [0.717, 1.165) is 19.3 Å². The SMILES string of the molecule is Cc1nc(F)ccc1C(c1cn(C23CC(C2)C3)nn1)N(C(=O)OCCl)c1cc(C#N)c2ncc(C#N)c(NC(C)C(C)(C)C)c2c1. The highest BCUT2D eigenvalue weighted by molar-refractivity contribution is 6.17. The largest absolute Gasteiger partial charge is 0.433 e. The molecule has 0 spiro atoms. The summed E-state index contributed by atoms with van der Waals surface area (Å²) in [7, 11) is 0. The van der Waals surface area contributed by atoms with Crippen molar-refractivity contribution >= 4 is 40.0 Å². The van der Waals surface area contributed by atoms with Crippen LogP contribution in [0.3, 0.4) is 0 Å². The second-order valence-electron chi connectivity index (χ2n) is 13.3. The van der Waals surface area contributed by atoms with Crippen molar-refractivity contribution in [3.8, 4) is 12.1 Å². The fourth-order valence-electron chi connectivity index (χ4n) is 6.27. The van der Waals surface area contributed by atoms with Gasteiger partial charge in [0, 0.05) is 28.9 Å². The van der Waals surface area contributed by atoms with Gasteiger partial charge in [-0.1, -0.05) is 43.7 Å². The molecule has 0 saturated heterocycles. The van der Waals surface area contributed by atoms with Gasteiger partial charge in [0.15, 0.2) is 6.07 Å². The Kier molecular flexibility index (Phi) is 7.81. The van der Waals surface area contributed by atoms with E-state index < -0.39 is 24.1 Å². The second-order valence-corrected chi connectivity index (χ2v) is 13.5. The highest BCUT2D eigenvalue weighted by atomic mass is 35.5. The van der Waals surface area contributed by atoms with Crippen LogP contribution in [0.4, 0.5) is 20.6 Å². The lowest BCUT2D eigenvalue weighted by Gasteiger charge is -2.61. The fraction of sp³-hybridized carbons (Fsp3) is 0.424. The Hall–Kier alpha value is -4.81. The van der Waals surface area contributed by atoms with Gasteiger partial charge in [0.1, 0.15) is 23.9 Å². The zero-order chi connectivity index (χ0) is 33.0. The summed E-state index contributed by atoms with van der Waals surface area (Å²) in [5.41, 5.74) is 2.44. The lowest BCUT2D eigenvalue weighted by atomic mass is 9.50. The van der Waals surface area contributed by atoms with Crippen LogP contribution in [-0.2, 0) is 10.3 Å². The summed E-state index contributed by atoms with van der Waals surface area (Å²) in [6.45, 7) is 9.85. The number of hydrogen-bond donors (Lipinski definition) is 1. The van der Waals surface area contributed by atoms with Crippen molar-refractivity contribution in [3.05, 3.63) is 70.7 Å². The number of ether oxygens (including phenoxy) is 1. The molecule has 46 heavy (non-hydrogen) atoms. The van der Waals surface area contributed by atoms with Crippen molar-refractivity contribution in [1.29, 1.82) is 10.5 Å². The zero-order valence-electron chi connectivity index (χ0n) is 26.2. The summed E-state index contributed by atoms with van der Waals surface area (Å²) in [6.07, 6.45) is 5.45. The molecule has 4 aromatic rings. The highest BCUT2D eigenvalue weighted by Crippen LogP contribution is 2.62. The zero-order valence-corrected chi connectivity index (χ0v) is 26.9. The summed E-state index contributed by atoms with van der Waals surface area (Å²) in [4.78, 5) is 23.7. The van der Waals surface area contributed by atoms with Crippen molar-refractivity contribution in [2.75, 3.05) is 16.3 Å². The molecule has 3 fully saturated rings. The molecule has 11 nitrogen and oxygen atoms in total. The number of anilines is 2. The van der Waals surface area contributed by atoms with Crippen LogP contribution in [0.5, 0.6) is 0 Å². The van der Waals surface area contributed by atoms with Crippen LogP contribution in [0.25, 0.3) is 10.9 Å². The van der Waals surface area contributed by atoms with E-state index in [0.29, 0.717) is 39.5 Å². The summed E-state index contributed by atoms with van der Waals surface area (Å²) in [5.74, 6) is 0.0172. The molecule has 1 N–H and O–H groups in total. The van der Waals surface area contributed by atoms with Crippen LogP contribution in [0.15, 0.2) is 36.7 Å². The van der Waals surface area contributed by atoms with Gasteiger partial charge >= 0.3 is 6.09 Å². The minimum atomic E-state index is -0.995. The highest BCUT2D eigenvalue weighted by Gasteiger charge is 2.59. The lowest BCUT2D eigenvalue weighted by Crippen LogP contribution is -2.59. The van der Waals surface area contributed by atoms with Gasteiger partial charge in [-0.3, -0.25) is 9.88 Å². The summed E-state index contributed by atoms with van der Waals surface area (Å²) >= 11 is 5.92. The maximum Gasteiger partial charge on any atom is 0.416 e. The van der Waals surface area contributed by atoms with E-state index in [1.807, 2.05) is 17.8 Å². The van der Waals surface area contributed by atoms with E-state index in [2.05, 4.69) is 58.5 Å². The molecule has 7 rings (SSSR count). The van der Waals surface area contributed by atoms with E-state index in [4.69, 9.17) is 16.3 Å². The molecule has 1 amide bonds. The van der Waals surface area contributed by atoms with E-state index in [-0.39, 0.29) is 33.8 Å².